The van der Waals surface area contributed by atoms with Crippen molar-refractivity contribution in [1.82, 2.24) is 19.9 Å². The third-order valence-corrected chi connectivity index (χ3v) is 7.45. The van der Waals surface area contributed by atoms with E-state index in [0.29, 0.717) is 39.5 Å². The monoisotopic (exact) mass is 461 g/mol. The summed E-state index contributed by atoms with van der Waals surface area (Å²) in [5, 5.41) is 14.9. The number of anilines is 1. The van der Waals surface area contributed by atoms with Crippen molar-refractivity contribution in [3.05, 3.63) is 42.5 Å². The van der Waals surface area contributed by atoms with E-state index < -0.39 is 17.7 Å². The molecule has 3 aliphatic rings. The third kappa shape index (κ3) is 3.34. The van der Waals surface area contributed by atoms with Gasteiger partial charge >= 0.3 is 5.97 Å². The van der Waals surface area contributed by atoms with Crippen LogP contribution in [0.3, 0.4) is 0 Å². The van der Waals surface area contributed by atoms with Gasteiger partial charge in [-0.25, -0.2) is 19.3 Å². The first-order chi connectivity index (χ1) is 16.5. The molecule has 0 spiro atoms. The molecule has 3 fully saturated rings. The number of ether oxygens (including phenoxy) is 1. The highest BCUT2D eigenvalue weighted by molar-refractivity contribution is 5.96. The van der Waals surface area contributed by atoms with Crippen LogP contribution in [0, 0.1) is 23.6 Å². The zero-order valence-electron chi connectivity index (χ0n) is 18.6. The van der Waals surface area contributed by atoms with Crippen LogP contribution < -0.4 is 10.1 Å². The van der Waals surface area contributed by atoms with Crippen LogP contribution in [-0.2, 0) is 4.79 Å². The zero-order valence-corrected chi connectivity index (χ0v) is 18.6. The Morgan fingerprint density at radius 3 is 2.71 bits per heavy atom. The molecule has 9 heteroatoms. The molecule has 3 heterocycles. The Hall–Kier alpha value is -3.75. The highest BCUT2D eigenvalue weighted by Gasteiger charge is 2.47. The molecule has 8 nitrogen and oxygen atoms in total. The molecule has 4 aromatic rings. The van der Waals surface area contributed by atoms with Crippen LogP contribution in [0.25, 0.3) is 33.3 Å². The summed E-state index contributed by atoms with van der Waals surface area (Å²) in [5.74, 6) is 0.401. The van der Waals surface area contributed by atoms with Gasteiger partial charge in [0.05, 0.1) is 24.7 Å². The van der Waals surface area contributed by atoms with Crippen molar-refractivity contribution in [2.24, 2.45) is 17.8 Å². The summed E-state index contributed by atoms with van der Waals surface area (Å²) < 4.78 is 19.4. The number of nitrogens with zero attached hydrogens (tertiary/aromatic N) is 3. The smallest absolute Gasteiger partial charge is 0.308 e. The number of fused-ring (bicyclic) bond motifs is 5. The second kappa shape index (κ2) is 7.93. The van der Waals surface area contributed by atoms with Crippen molar-refractivity contribution in [2.75, 3.05) is 12.4 Å². The van der Waals surface area contributed by atoms with Crippen molar-refractivity contribution in [3.63, 3.8) is 0 Å². The number of nitrogens with one attached hydrogen (secondary N) is 2. The Kier molecular flexibility index (Phi) is 4.86. The minimum Gasteiger partial charge on any atom is -0.497 e. The third-order valence-electron chi connectivity index (χ3n) is 7.45. The van der Waals surface area contributed by atoms with Gasteiger partial charge in [-0.1, -0.05) is 0 Å². The average molecular weight is 461 g/mol. The van der Waals surface area contributed by atoms with Crippen LogP contribution in [0.5, 0.6) is 5.75 Å². The number of aliphatic carboxylic acids is 1. The maximum absolute atomic E-state index is 13.9. The van der Waals surface area contributed by atoms with E-state index in [0.717, 1.165) is 37.3 Å². The van der Waals surface area contributed by atoms with E-state index in [1.165, 1.54) is 6.07 Å². The van der Waals surface area contributed by atoms with Gasteiger partial charge in [0.2, 0.25) is 0 Å². The van der Waals surface area contributed by atoms with E-state index >= 15 is 0 Å². The van der Waals surface area contributed by atoms with Gasteiger partial charge in [0, 0.05) is 28.6 Å². The standard InChI is InChI=1S/C25H24FN5O3/c1-34-15-6-7-19-17(9-15)23(30-21-13-4-2-12(3-5-13)20(21)25(32)33)31-24(29-19)18-11-28-22-16(18)8-14(26)10-27-22/h6-13,20-21H,2-5H2,1H3,(H,27,28)(H,32,33)(H,29,30,31). The number of methoxy groups -OCH3 is 1. The summed E-state index contributed by atoms with van der Waals surface area (Å²) in [6, 6.07) is 6.71. The van der Waals surface area contributed by atoms with E-state index in [4.69, 9.17) is 14.7 Å². The summed E-state index contributed by atoms with van der Waals surface area (Å²) in [7, 11) is 1.59. The topological polar surface area (TPSA) is 113 Å². The van der Waals surface area contributed by atoms with Crippen LogP contribution in [0.15, 0.2) is 36.7 Å². The molecular formula is C25H24FN5O3. The summed E-state index contributed by atoms with van der Waals surface area (Å²) >= 11 is 0. The molecule has 1 aromatic carbocycles. The summed E-state index contributed by atoms with van der Waals surface area (Å²) in [5.41, 5.74) is 1.85. The normalized spacial score (nSPS) is 23.9. The Morgan fingerprint density at radius 1 is 1.15 bits per heavy atom. The van der Waals surface area contributed by atoms with Gasteiger partial charge in [-0.15, -0.1) is 0 Å². The Balaban J connectivity index is 1.50. The first-order valence-electron chi connectivity index (χ1n) is 11.5. The number of aromatic nitrogens is 4. The number of benzene rings is 1. The zero-order chi connectivity index (χ0) is 23.4. The number of carbonyl (C=O) groups is 1. The number of halogens is 1. The van der Waals surface area contributed by atoms with Gasteiger partial charge in [0.25, 0.3) is 0 Å². The lowest BCUT2D eigenvalue weighted by Crippen LogP contribution is -2.51. The minimum absolute atomic E-state index is 0.171. The molecule has 3 aromatic heterocycles. The van der Waals surface area contributed by atoms with Crippen LogP contribution in [0.1, 0.15) is 25.7 Å². The van der Waals surface area contributed by atoms with E-state index in [1.54, 1.807) is 13.3 Å². The van der Waals surface area contributed by atoms with E-state index in [2.05, 4.69) is 15.3 Å². The van der Waals surface area contributed by atoms with Gasteiger partial charge in [-0.2, -0.15) is 0 Å². The number of carboxylic acids is 1. The molecule has 0 saturated heterocycles. The molecule has 3 saturated carbocycles. The second-order valence-electron chi connectivity index (χ2n) is 9.24. The fraction of sp³-hybridized carbons (Fsp3) is 0.360. The van der Waals surface area contributed by atoms with Crippen LogP contribution in [0.4, 0.5) is 10.2 Å². The van der Waals surface area contributed by atoms with E-state index in [1.807, 2.05) is 18.2 Å². The predicted molar refractivity (Wildman–Crippen MR) is 125 cm³/mol. The lowest BCUT2D eigenvalue weighted by atomic mass is 9.61. The Labute approximate surface area is 194 Å². The molecular weight excluding hydrogens is 437 g/mol. The Bertz CT molecular complexity index is 1410. The van der Waals surface area contributed by atoms with Crippen molar-refractivity contribution >= 4 is 33.7 Å². The van der Waals surface area contributed by atoms with Crippen LogP contribution in [-0.4, -0.2) is 44.2 Å². The van der Waals surface area contributed by atoms with Crippen LogP contribution in [0.2, 0.25) is 0 Å². The molecule has 0 amide bonds. The quantitative estimate of drug-likeness (QED) is 0.397. The maximum atomic E-state index is 13.9. The average Bonchev–Trinajstić information content (AvgIpc) is 3.27. The number of carboxylic acid groups (broad SMARTS) is 1. The van der Waals surface area contributed by atoms with Gasteiger partial charge in [-0.05, 0) is 61.8 Å². The van der Waals surface area contributed by atoms with Gasteiger partial charge in [-0.3, -0.25) is 4.79 Å². The molecule has 2 atom stereocenters. The number of H-pyrrole nitrogens is 1. The summed E-state index contributed by atoms with van der Waals surface area (Å²) in [6.45, 7) is 0. The lowest BCUT2D eigenvalue weighted by molar-refractivity contribution is -0.148. The number of rotatable bonds is 5. The van der Waals surface area contributed by atoms with Crippen molar-refractivity contribution in [1.29, 1.82) is 0 Å². The predicted octanol–water partition coefficient (Wildman–Crippen LogP) is 4.62. The molecule has 3 aliphatic carbocycles. The largest absolute Gasteiger partial charge is 0.497 e. The molecule has 34 heavy (non-hydrogen) atoms. The molecule has 2 bridgehead atoms. The van der Waals surface area contributed by atoms with Gasteiger partial charge in [0.15, 0.2) is 5.82 Å². The molecule has 2 unspecified atom stereocenters. The molecule has 0 radical (unpaired) electrons. The molecule has 0 aliphatic heterocycles. The highest BCUT2D eigenvalue weighted by Crippen LogP contribution is 2.47. The van der Waals surface area contributed by atoms with E-state index in [-0.39, 0.29) is 17.9 Å². The minimum atomic E-state index is -0.763. The number of hydrogen-bond acceptors (Lipinski definition) is 6. The molecule has 7 rings (SSSR count). The van der Waals surface area contributed by atoms with Crippen molar-refractivity contribution in [3.8, 4) is 17.1 Å². The molecule has 174 valence electrons. The fourth-order valence-corrected chi connectivity index (χ4v) is 5.80. The van der Waals surface area contributed by atoms with Gasteiger partial charge < -0.3 is 20.1 Å². The first kappa shape index (κ1) is 20.8. The lowest BCUT2D eigenvalue weighted by Gasteiger charge is -2.47. The first-order valence-corrected chi connectivity index (χ1v) is 11.5. The Morgan fingerprint density at radius 2 is 1.94 bits per heavy atom. The van der Waals surface area contributed by atoms with Gasteiger partial charge in [0.1, 0.15) is 23.0 Å². The number of aromatic amines is 1. The summed E-state index contributed by atoms with van der Waals surface area (Å²) in [6.07, 6.45) is 6.81. The van der Waals surface area contributed by atoms with Crippen molar-refractivity contribution in [2.45, 2.75) is 31.7 Å². The van der Waals surface area contributed by atoms with Crippen LogP contribution >= 0.6 is 0 Å². The maximum Gasteiger partial charge on any atom is 0.308 e. The second-order valence-corrected chi connectivity index (χ2v) is 9.24. The number of hydrogen-bond donors (Lipinski definition) is 3. The van der Waals surface area contributed by atoms with Crippen molar-refractivity contribution < 1.29 is 19.0 Å². The number of pyridine rings is 1. The SMILES string of the molecule is COc1ccc2nc(-c3c[nH]c4ncc(F)cc34)nc(NC3C4CCC(CC4)C3C(=O)O)c2c1. The highest BCUT2D eigenvalue weighted by atomic mass is 19.1. The fourth-order valence-electron chi connectivity index (χ4n) is 5.80. The molecule has 3 N–H and O–H groups in total. The van der Waals surface area contributed by atoms with E-state index in [9.17, 15) is 14.3 Å². The summed E-state index contributed by atoms with van der Waals surface area (Å²) in [4.78, 5) is 28.9.